The maximum atomic E-state index is 9.85. The van der Waals surface area contributed by atoms with Crippen LogP contribution in [0.15, 0.2) is 35.1 Å². The molecule has 1 N–H and O–H groups in total. The average molecular weight is 268 g/mol. The van der Waals surface area contributed by atoms with Gasteiger partial charge >= 0.3 is 0 Å². The molecule has 6 nitrogen and oxygen atoms in total. The van der Waals surface area contributed by atoms with Crippen molar-refractivity contribution in [2.24, 2.45) is 0 Å². The molecule has 20 heavy (non-hydrogen) atoms. The van der Waals surface area contributed by atoms with E-state index in [1.807, 2.05) is 13.8 Å². The Morgan fingerprint density at radius 2 is 1.75 bits per heavy atom. The van der Waals surface area contributed by atoms with Gasteiger partial charge in [0.25, 0.3) is 5.89 Å². The van der Waals surface area contributed by atoms with E-state index in [0.717, 1.165) is 11.1 Å². The van der Waals surface area contributed by atoms with Crippen molar-refractivity contribution in [2.45, 2.75) is 13.8 Å². The lowest BCUT2D eigenvalue weighted by molar-refractivity contribution is 0.425. The van der Waals surface area contributed by atoms with Crippen LogP contribution < -0.4 is 0 Å². The van der Waals surface area contributed by atoms with Crippen LogP contribution in [-0.2, 0) is 0 Å². The van der Waals surface area contributed by atoms with Crippen LogP contribution in [0.2, 0.25) is 0 Å². The summed E-state index contributed by atoms with van der Waals surface area (Å²) in [6.45, 7) is 3.82. The first-order chi connectivity index (χ1) is 9.63. The number of hydrogen-bond donors (Lipinski definition) is 1. The van der Waals surface area contributed by atoms with Crippen molar-refractivity contribution in [3.63, 3.8) is 0 Å². The molecule has 3 rings (SSSR count). The second kappa shape index (κ2) is 4.73. The molecule has 2 aromatic heterocycles. The van der Waals surface area contributed by atoms with Crippen LogP contribution in [0.25, 0.3) is 23.1 Å². The summed E-state index contributed by atoms with van der Waals surface area (Å²) in [5, 5.41) is 13.7. The number of hydrogen-bond acceptors (Lipinski definition) is 6. The zero-order chi connectivity index (χ0) is 14.1. The SMILES string of the molecule is Cc1cnc(-c2noc(-c3cc(C)ccc3O)n2)nc1. The molecule has 6 heteroatoms. The molecule has 2 heterocycles. The van der Waals surface area contributed by atoms with Gasteiger partial charge in [-0.25, -0.2) is 9.97 Å². The predicted molar refractivity (Wildman–Crippen MR) is 71.9 cm³/mol. The number of phenols is 1. The summed E-state index contributed by atoms with van der Waals surface area (Å²) in [6.07, 6.45) is 3.37. The number of aromatic nitrogens is 4. The van der Waals surface area contributed by atoms with E-state index in [0.29, 0.717) is 17.2 Å². The van der Waals surface area contributed by atoms with Gasteiger partial charge in [0.05, 0.1) is 5.56 Å². The summed E-state index contributed by atoms with van der Waals surface area (Å²) in [4.78, 5) is 12.5. The van der Waals surface area contributed by atoms with Crippen molar-refractivity contribution < 1.29 is 9.63 Å². The van der Waals surface area contributed by atoms with E-state index in [9.17, 15) is 5.11 Å². The first-order valence-corrected chi connectivity index (χ1v) is 6.06. The fourth-order valence-electron chi connectivity index (χ4n) is 1.75. The molecule has 0 bridgehead atoms. The van der Waals surface area contributed by atoms with Crippen molar-refractivity contribution >= 4 is 0 Å². The smallest absolute Gasteiger partial charge is 0.262 e. The number of aryl methyl sites for hydroxylation is 2. The Morgan fingerprint density at radius 1 is 1.00 bits per heavy atom. The summed E-state index contributed by atoms with van der Waals surface area (Å²) in [7, 11) is 0. The van der Waals surface area contributed by atoms with Crippen LogP contribution in [0.5, 0.6) is 5.75 Å². The lowest BCUT2D eigenvalue weighted by Gasteiger charge is -1.99. The minimum Gasteiger partial charge on any atom is -0.507 e. The van der Waals surface area contributed by atoms with Gasteiger partial charge < -0.3 is 9.63 Å². The fraction of sp³-hybridized carbons (Fsp3) is 0.143. The second-order valence-electron chi connectivity index (χ2n) is 4.53. The molecule has 1 aromatic carbocycles. The Labute approximate surface area is 115 Å². The van der Waals surface area contributed by atoms with Gasteiger partial charge in [-0.15, -0.1) is 0 Å². The largest absolute Gasteiger partial charge is 0.507 e. The lowest BCUT2D eigenvalue weighted by Crippen LogP contribution is -1.90. The first-order valence-electron chi connectivity index (χ1n) is 6.06. The molecule has 0 aliphatic heterocycles. The topological polar surface area (TPSA) is 84.9 Å². The summed E-state index contributed by atoms with van der Waals surface area (Å²) in [5.41, 5.74) is 2.44. The maximum Gasteiger partial charge on any atom is 0.262 e. The lowest BCUT2D eigenvalue weighted by atomic mass is 10.1. The predicted octanol–water partition coefficient (Wildman–Crippen LogP) is 2.52. The third kappa shape index (κ3) is 2.23. The highest BCUT2D eigenvalue weighted by atomic mass is 16.5. The van der Waals surface area contributed by atoms with Gasteiger partial charge in [-0.05, 0) is 31.5 Å². The molecule has 0 aliphatic rings. The minimum atomic E-state index is 0.0932. The molecular weight excluding hydrogens is 256 g/mol. The van der Waals surface area contributed by atoms with Gasteiger partial charge in [0.1, 0.15) is 5.75 Å². The van der Waals surface area contributed by atoms with Crippen molar-refractivity contribution in [1.82, 2.24) is 20.1 Å². The Hall–Kier alpha value is -2.76. The van der Waals surface area contributed by atoms with Crippen LogP contribution in [0, 0.1) is 13.8 Å². The van der Waals surface area contributed by atoms with Gasteiger partial charge in [0.15, 0.2) is 0 Å². The van der Waals surface area contributed by atoms with E-state index in [-0.39, 0.29) is 11.6 Å². The van der Waals surface area contributed by atoms with Gasteiger partial charge in [-0.1, -0.05) is 16.8 Å². The number of benzene rings is 1. The van der Waals surface area contributed by atoms with E-state index >= 15 is 0 Å². The average Bonchev–Trinajstić information content (AvgIpc) is 2.92. The normalized spacial score (nSPS) is 10.7. The van der Waals surface area contributed by atoms with Gasteiger partial charge in [-0.2, -0.15) is 4.98 Å². The highest BCUT2D eigenvalue weighted by Gasteiger charge is 2.15. The van der Waals surface area contributed by atoms with Gasteiger partial charge in [0.2, 0.25) is 11.6 Å². The van der Waals surface area contributed by atoms with Crippen LogP contribution in [0.3, 0.4) is 0 Å². The number of aromatic hydroxyl groups is 1. The van der Waals surface area contributed by atoms with Crippen molar-refractivity contribution in [2.75, 3.05) is 0 Å². The quantitative estimate of drug-likeness (QED) is 0.768. The zero-order valence-corrected chi connectivity index (χ0v) is 11.0. The number of rotatable bonds is 2. The summed E-state index contributed by atoms with van der Waals surface area (Å²) in [6, 6.07) is 5.18. The van der Waals surface area contributed by atoms with Crippen LogP contribution in [0.4, 0.5) is 0 Å². The molecule has 0 atom stereocenters. The maximum absolute atomic E-state index is 9.85. The summed E-state index contributed by atoms with van der Waals surface area (Å²) >= 11 is 0. The highest BCUT2D eigenvalue weighted by Crippen LogP contribution is 2.29. The molecule has 0 saturated heterocycles. The molecule has 0 amide bonds. The Balaban J connectivity index is 2.01. The van der Waals surface area contributed by atoms with Gasteiger partial charge in [0, 0.05) is 12.4 Å². The van der Waals surface area contributed by atoms with Crippen molar-refractivity contribution in [3.05, 3.63) is 41.7 Å². The fourth-order valence-corrected chi connectivity index (χ4v) is 1.75. The Morgan fingerprint density at radius 3 is 2.50 bits per heavy atom. The second-order valence-corrected chi connectivity index (χ2v) is 4.53. The van der Waals surface area contributed by atoms with Crippen molar-refractivity contribution in [1.29, 1.82) is 0 Å². The molecule has 0 aliphatic carbocycles. The van der Waals surface area contributed by atoms with E-state index < -0.39 is 0 Å². The third-order valence-electron chi connectivity index (χ3n) is 2.79. The number of phenolic OH excluding ortho intramolecular Hbond substituents is 1. The molecular formula is C14H12N4O2. The summed E-state index contributed by atoms with van der Waals surface area (Å²) in [5.74, 6) is 1.01. The van der Waals surface area contributed by atoms with Crippen LogP contribution >= 0.6 is 0 Å². The van der Waals surface area contributed by atoms with Crippen molar-refractivity contribution in [3.8, 4) is 28.9 Å². The Bertz CT molecular complexity index is 750. The standard InChI is InChI=1S/C14H12N4O2/c1-8-3-4-11(19)10(5-8)14-17-13(18-20-14)12-15-6-9(2)7-16-12/h3-7,19H,1-2H3. The van der Waals surface area contributed by atoms with Crippen LogP contribution in [0.1, 0.15) is 11.1 Å². The molecule has 100 valence electrons. The monoisotopic (exact) mass is 268 g/mol. The van der Waals surface area contributed by atoms with E-state index in [4.69, 9.17) is 4.52 Å². The first kappa shape index (κ1) is 12.3. The van der Waals surface area contributed by atoms with Gasteiger partial charge in [-0.3, -0.25) is 0 Å². The molecule has 3 aromatic rings. The van der Waals surface area contributed by atoms with E-state index in [2.05, 4.69) is 20.1 Å². The molecule has 0 saturated carbocycles. The summed E-state index contributed by atoms with van der Waals surface area (Å²) < 4.78 is 5.17. The van der Waals surface area contributed by atoms with E-state index in [1.54, 1.807) is 30.6 Å². The number of nitrogens with zero attached hydrogens (tertiary/aromatic N) is 4. The zero-order valence-electron chi connectivity index (χ0n) is 11.0. The van der Waals surface area contributed by atoms with Crippen LogP contribution in [-0.4, -0.2) is 25.2 Å². The highest BCUT2D eigenvalue weighted by molar-refractivity contribution is 5.64. The molecule has 0 spiro atoms. The molecule has 0 fully saturated rings. The van der Waals surface area contributed by atoms with E-state index in [1.165, 1.54) is 0 Å². The molecule has 0 unspecified atom stereocenters. The Kier molecular flexibility index (Phi) is 2.90. The molecule has 0 radical (unpaired) electrons. The minimum absolute atomic E-state index is 0.0932. The third-order valence-corrected chi connectivity index (χ3v) is 2.79.